The minimum absolute atomic E-state index is 0.106. The quantitative estimate of drug-likeness (QED) is 0.498. The molecule has 0 saturated carbocycles. The van der Waals surface area contributed by atoms with Gasteiger partial charge in [-0.25, -0.2) is 0 Å². The number of hydrogen-bond acceptors (Lipinski definition) is 5. The molecule has 7 nitrogen and oxygen atoms in total. The third-order valence-corrected chi connectivity index (χ3v) is 5.71. The average Bonchev–Trinajstić information content (AvgIpc) is 3.35. The number of tetrazole rings is 1. The van der Waals surface area contributed by atoms with Crippen LogP contribution in [0.4, 0.5) is 5.95 Å². The van der Waals surface area contributed by atoms with Crippen LogP contribution >= 0.6 is 0 Å². The Balaban J connectivity index is 1.45. The maximum atomic E-state index is 13.0. The van der Waals surface area contributed by atoms with Crippen LogP contribution in [-0.2, 0) is 11.3 Å². The van der Waals surface area contributed by atoms with Gasteiger partial charge in [0.25, 0.3) is 5.95 Å². The summed E-state index contributed by atoms with van der Waals surface area (Å²) in [5, 5.41) is 15.5. The Morgan fingerprint density at radius 1 is 0.939 bits per heavy atom. The van der Waals surface area contributed by atoms with E-state index in [0.717, 1.165) is 22.4 Å². The van der Waals surface area contributed by atoms with E-state index in [1.165, 1.54) is 5.56 Å². The van der Waals surface area contributed by atoms with E-state index in [1.807, 2.05) is 84.6 Å². The van der Waals surface area contributed by atoms with Crippen LogP contribution in [0.5, 0.6) is 0 Å². The van der Waals surface area contributed by atoms with Crippen LogP contribution in [0, 0.1) is 6.92 Å². The molecule has 0 aliphatic carbocycles. The first-order chi connectivity index (χ1) is 16.2. The van der Waals surface area contributed by atoms with Crippen molar-refractivity contribution in [1.29, 1.82) is 0 Å². The summed E-state index contributed by atoms with van der Waals surface area (Å²) in [5.41, 5.74) is 5.22. The molecule has 0 bridgehead atoms. The van der Waals surface area contributed by atoms with Gasteiger partial charge in [-0.1, -0.05) is 95.6 Å². The number of nitrogens with zero attached hydrogens (tertiary/aromatic N) is 5. The minimum atomic E-state index is -0.168. The fourth-order valence-corrected chi connectivity index (χ4v) is 3.98. The first-order valence-electron chi connectivity index (χ1n) is 10.9. The van der Waals surface area contributed by atoms with Crippen molar-refractivity contribution in [2.75, 3.05) is 11.4 Å². The molecule has 1 atom stereocenters. The number of rotatable bonds is 6. The third-order valence-electron chi connectivity index (χ3n) is 5.71. The highest BCUT2D eigenvalue weighted by Crippen LogP contribution is 2.35. The van der Waals surface area contributed by atoms with Gasteiger partial charge in [0.2, 0.25) is 5.91 Å². The standard InChI is InChI=1S/C26H24N6O/c1-19-12-14-20(15-13-19)17-27-25(33)18-31-23(21-8-4-2-5-9-21)16-24(22-10-6-3-7-11-22)32-26(31)28-29-30-32/h2-16,24H,17-18H2,1H3,(H,27,33). The lowest BCUT2D eigenvalue weighted by atomic mass is 10.0. The van der Waals surface area contributed by atoms with Crippen molar-refractivity contribution in [3.05, 3.63) is 113 Å². The summed E-state index contributed by atoms with van der Waals surface area (Å²) >= 11 is 0. The highest BCUT2D eigenvalue weighted by Gasteiger charge is 2.31. The summed E-state index contributed by atoms with van der Waals surface area (Å²) in [6, 6.07) is 28.1. The zero-order valence-electron chi connectivity index (χ0n) is 18.3. The molecular weight excluding hydrogens is 412 g/mol. The Bertz CT molecular complexity index is 1270. The van der Waals surface area contributed by atoms with Crippen LogP contribution in [-0.4, -0.2) is 32.7 Å². The topological polar surface area (TPSA) is 75.9 Å². The predicted molar refractivity (Wildman–Crippen MR) is 127 cm³/mol. The highest BCUT2D eigenvalue weighted by molar-refractivity contribution is 5.89. The number of nitrogens with one attached hydrogen (secondary N) is 1. The van der Waals surface area contributed by atoms with Gasteiger partial charge in [-0.05, 0) is 40.1 Å². The lowest BCUT2D eigenvalue weighted by molar-refractivity contribution is -0.119. The SMILES string of the molecule is Cc1ccc(CNC(=O)CN2C(c3ccccc3)=CC(c3ccccc3)n3nnnc32)cc1. The van der Waals surface area contributed by atoms with E-state index >= 15 is 0 Å². The van der Waals surface area contributed by atoms with Gasteiger partial charge in [0.15, 0.2) is 0 Å². The van der Waals surface area contributed by atoms with E-state index in [0.29, 0.717) is 12.5 Å². The van der Waals surface area contributed by atoms with Gasteiger partial charge in [0.05, 0.1) is 5.70 Å². The normalized spacial score (nSPS) is 15.0. The van der Waals surface area contributed by atoms with Crippen molar-refractivity contribution in [2.24, 2.45) is 0 Å². The molecular formula is C26H24N6O. The highest BCUT2D eigenvalue weighted by atomic mass is 16.2. The number of aromatic nitrogens is 4. The molecule has 0 spiro atoms. The van der Waals surface area contributed by atoms with Gasteiger partial charge >= 0.3 is 0 Å². The van der Waals surface area contributed by atoms with Gasteiger partial charge in [-0.15, -0.1) is 0 Å². The lowest BCUT2D eigenvalue weighted by Crippen LogP contribution is -2.39. The summed E-state index contributed by atoms with van der Waals surface area (Å²) in [5.74, 6) is 0.431. The first kappa shape index (κ1) is 20.6. The summed E-state index contributed by atoms with van der Waals surface area (Å²) in [6.45, 7) is 2.62. The molecule has 164 valence electrons. The van der Waals surface area contributed by atoms with Crippen LogP contribution in [0.2, 0.25) is 0 Å². The molecule has 2 heterocycles. The van der Waals surface area contributed by atoms with Crippen LogP contribution in [0.1, 0.15) is 28.3 Å². The van der Waals surface area contributed by atoms with Gasteiger partial charge in [0.1, 0.15) is 12.6 Å². The first-order valence-corrected chi connectivity index (χ1v) is 10.9. The fourth-order valence-electron chi connectivity index (χ4n) is 3.98. The van der Waals surface area contributed by atoms with Gasteiger partial charge in [-0.2, -0.15) is 4.68 Å². The number of aryl methyl sites for hydroxylation is 1. The van der Waals surface area contributed by atoms with Crippen LogP contribution in [0.15, 0.2) is 91.0 Å². The number of hydrogen-bond donors (Lipinski definition) is 1. The van der Waals surface area contributed by atoms with E-state index in [-0.39, 0.29) is 18.5 Å². The number of carbonyl (C=O) groups is 1. The monoisotopic (exact) mass is 436 g/mol. The summed E-state index contributed by atoms with van der Waals surface area (Å²) < 4.78 is 1.76. The molecule has 4 aromatic rings. The molecule has 1 unspecified atom stereocenters. The van der Waals surface area contributed by atoms with Crippen molar-refractivity contribution in [2.45, 2.75) is 19.5 Å². The van der Waals surface area contributed by atoms with Crippen molar-refractivity contribution >= 4 is 17.6 Å². The smallest absolute Gasteiger partial charge is 0.251 e. The van der Waals surface area contributed by atoms with E-state index in [9.17, 15) is 4.79 Å². The Hall–Kier alpha value is -4.26. The van der Waals surface area contributed by atoms with Crippen LogP contribution < -0.4 is 10.2 Å². The molecule has 1 amide bonds. The molecule has 0 radical (unpaired) electrons. The van der Waals surface area contributed by atoms with Crippen molar-refractivity contribution < 1.29 is 4.79 Å². The molecule has 1 aliphatic rings. The summed E-state index contributed by atoms with van der Waals surface area (Å²) in [7, 11) is 0. The second-order valence-corrected chi connectivity index (χ2v) is 8.05. The molecule has 1 N–H and O–H groups in total. The number of anilines is 1. The Labute approximate surface area is 192 Å². The predicted octanol–water partition coefficient (Wildman–Crippen LogP) is 3.75. The molecule has 1 aliphatic heterocycles. The van der Waals surface area contributed by atoms with Crippen LogP contribution in [0.3, 0.4) is 0 Å². The number of carbonyl (C=O) groups excluding carboxylic acids is 1. The van der Waals surface area contributed by atoms with E-state index < -0.39 is 0 Å². The maximum Gasteiger partial charge on any atom is 0.251 e. The molecule has 33 heavy (non-hydrogen) atoms. The zero-order valence-corrected chi connectivity index (χ0v) is 18.3. The molecule has 0 fully saturated rings. The van der Waals surface area contributed by atoms with E-state index in [4.69, 9.17) is 0 Å². The number of benzene rings is 3. The largest absolute Gasteiger partial charge is 0.350 e. The van der Waals surface area contributed by atoms with Gasteiger partial charge in [-0.3, -0.25) is 9.69 Å². The molecule has 0 saturated heterocycles. The van der Waals surface area contributed by atoms with Crippen molar-refractivity contribution in [1.82, 2.24) is 25.5 Å². The second-order valence-electron chi connectivity index (χ2n) is 8.05. The van der Waals surface area contributed by atoms with E-state index in [2.05, 4.69) is 39.1 Å². The van der Waals surface area contributed by atoms with Gasteiger partial charge < -0.3 is 5.32 Å². The Kier molecular flexibility index (Phi) is 5.68. The Morgan fingerprint density at radius 2 is 1.64 bits per heavy atom. The Morgan fingerprint density at radius 3 is 2.36 bits per heavy atom. The van der Waals surface area contributed by atoms with Crippen LogP contribution in [0.25, 0.3) is 5.70 Å². The number of amides is 1. The minimum Gasteiger partial charge on any atom is -0.350 e. The molecule has 7 heteroatoms. The zero-order chi connectivity index (χ0) is 22.6. The molecule has 5 rings (SSSR count). The van der Waals surface area contributed by atoms with Gasteiger partial charge in [0, 0.05) is 6.54 Å². The number of fused-ring (bicyclic) bond motifs is 1. The van der Waals surface area contributed by atoms with E-state index in [1.54, 1.807) is 4.68 Å². The second kappa shape index (κ2) is 9.08. The number of allylic oxidation sites excluding steroid dienone is 1. The third kappa shape index (κ3) is 4.39. The van der Waals surface area contributed by atoms with Crippen molar-refractivity contribution in [3.8, 4) is 0 Å². The molecule has 3 aromatic carbocycles. The lowest BCUT2D eigenvalue weighted by Gasteiger charge is -2.32. The molecule has 1 aromatic heterocycles. The average molecular weight is 437 g/mol. The summed E-state index contributed by atoms with van der Waals surface area (Å²) in [6.07, 6.45) is 2.11. The van der Waals surface area contributed by atoms with Crippen molar-refractivity contribution in [3.63, 3.8) is 0 Å². The summed E-state index contributed by atoms with van der Waals surface area (Å²) in [4.78, 5) is 14.8. The fraction of sp³-hybridized carbons (Fsp3) is 0.154. The maximum absolute atomic E-state index is 13.0.